The fourth-order valence-corrected chi connectivity index (χ4v) is 6.54. The van der Waals surface area contributed by atoms with Crippen LogP contribution in [-0.2, 0) is 13.0 Å². The number of pyridine rings is 2. The lowest BCUT2D eigenvalue weighted by Gasteiger charge is -2.42. The Balaban J connectivity index is 1.01. The summed E-state index contributed by atoms with van der Waals surface area (Å²) in [5, 5.41) is 0.768. The number of hydrogen-bond donors (Lipinski definition) is 0. The third-order valence-corrected chi connectivity index (χ3v) is 9.00. The number of Topliss-reactive ketones (excluding diaryl/α,β-unsaturated/α-hetero) is 1. The molecular formula is C39H33N5O4. The van der Waals surface area contributed by atoms with Gasteiger partial charge in [0.05, 0.1) is 42.3 Å². The van der Waals surface area contributed by atoms with Crippen LogP contribution in [0.15, 0.2) is 103 Å². The van der Waals surface area contributed by atoms with E-state index in [0.717, 1.165) is 59.5 Å². The summed E-state index contributed by atoms with van der Waals surface area (Å²) in [6.07, 6.45) is 5.51. The normalized spacial score (nSPS) is 13.7. The Morgan fingerprint density at radius 2 is 1.65 bits per heavy atom. The molecule has 3 aliphatic rings. The summed E-state index contributed by atoms with van der Waals surface area (Å²) in [6.45, 7) is 2.41. The van der Waals surface area contributed by atoms with E-state index < -0.39 is 0 Å². The molecule has 0 amide bonds. The third-order valence-electron chi connectivity index (χ3n) is 9.00. The van der Waals surface area contributed by atoms with Gasteiger partial charge in [0.15, 0.2) is 17.3 Å². The number of hydrogen-bond acceptors (Lipinski definition) is 9. The van der Waals surface area contributed by atoms with Crippen LogP contribution in [0.2, 0.25) is 0 Å². The first kappa shape index (κ1) is 29.6. The van der Waals surface area contributed by atoms with Crippen molar-refractivity contribution >= 4 is 22.4 Å². The van der Waals surface area contributed by atoms with Crippen LogP contribution in [-0.4, -0.2) is 45.9 Å². The molecule has 9 heteroatoms. The average molecular weight is 636 g/mol. The van der Waals surface area contributed by atoms with E-state index in [1.807, 2.05) is 78.9 Å². The minimum Gasteiger partial charge on any atom is -0.493 e. The van der Waals surface area contributed by atoms with Crippen molar-refractivity contribution in [2.24, 2.45) is 0 Å². The minimum absolute atomic E-state index is 0.0861. The Morgan fingerprint density at radius 1 is 0.854 bits per heavy atom. The lowest BCUT2D eigenvalue weighted by molar-refractivity contribution is 0.0981. The highest BCUT2D eigenvalue weighted by atomic mass is 16.5. The lowest BCUT2D eigenvalue weighted by atomic mass is 9.85. The van der Waals surface area contributed by atoms with Gasteiger partial charge in [-0.15, -0.1) is 0 Å². The van der Waals surface area contributed by atoms with E-state index >= 15 is 0 Å². The first-order chi connectivity index (χ1) is 23.6. The van der Waals surface area contributed by atoms with Gasteiger partial charge in [0.25, 0.3) is 0 Å². The molecule has 1 saturated heterocycles. The van der Waals surface area contributed by atoms with Crippen molar-refractivity contribution in [1.82, 2.24) is 19.9 Å². The Hall–Kier alpha value is -5.83. The molecule has 9 nitrogen and oxygen atoms in total. The molecule has 2 bridgehead atoms. The first-order valence-corrected chi connectivity index (χ1v) is 16.1. The zero-order valence-corrected chi connectivity index (χ0v) is 26.5. The fraction of sp³-hybridized carbons (Fsp3) is 0.205. The monoisotopic (exact) mass is 635 g/mol. The van der Waals surface area contributed by atoms with E-state index in [1.54, 1.807) is 31.6 Å². The summed E-state index contributed by atoms with van der Waals surface area (Å²) in [6, 6.07) is 29.2. The van der Waals surface area contributed by atoms with Gasteiger partial charge in [-0.25, -0.2) is 9.97 Å². The molecular weight excluding hydrogens is 602 g/mol. The highest BCUT2D eigenvalue weighted by Gasteiger charge is 2.36. The molecule has 0 aliphatic carbocycles. The third kappa shape index (κ3) is 5.79. The Labute approximate surface area is 278 Å². The second kappa shape index (κ2) is 12.8. The summed E-state index contributed by atoms with van der Waals surface area (Å²) in [5.74, 6) is 2.74. The fourth-order valence-electron chi connectivity index (χ4n) is 6.54. The molecule has 48 heavy (non-hydrogen) atoms. The lowest BCUT2D eigenvalue weighted by Crippen LogP contribution is -2.40. The topological polar surface area (TPSA) is 99.6 Å². The number of ketones is 1. The summed E-state index contributed by atoms with van der Waals surface area (Å²) in [7, 11) is 1.61. The van der Waals surface area contributed by atoms with Crippen LogP contribution in [0.1, 0.15) is 46.3 Å². The molecule has 0 unspecified atom stereocenters. The van der Waals surface area contributed by atoms with E-state index in [1.165, 1.54) is 0 Å². The number of piperidine rings is 1. The standard InChI is InChI=1S/C39H33N5O4/c1-46-34-21-30-31(22-35(34)47-24-25-8-4-2-5-9-25)40-17-14-33(30)48-29-13-12-28(41-23-29)20-32(45)39-42-36(26-10-6-3-7-11-26)38-37(43-39)27-15-18-44(38)19-16-27/h2-14,17,21-23,27H,15-16,18-20,24H2,1H3. The van der Waals surface area contributed by atoms with Gasteiger partial charge in [-0.1, -0.05) is 60.7 Å². The van der Waals surface area contributed by atoms with E-state index in [9.17, 15) is 4.79 Å². The van der Waals surface area contributed by atoms with E-state index in [-0.39, 0.29) is 18.0 Å². The number of fused-ring (bicyclic) bond motifs is 3. The van der Waals surface area contributed by atoms with Gasteiger partial charge in [0.1, 0.15) is 18.1 Å². The van der Waals surface area contributed by atoms with Crippen molar-refractivity contribution in [3.8, 4) is 34.3 Å². The van der Waals surface area contributed by atoms with Gasteiger partial charge in [-0.2, -0.15) is 0 Å². The summed E-state index contributed by atoms with van der Waals surface area (Å²) >= 11 is 0. The molecule has 1 fully saturated rings. The number of methoxy groups -OCH3 is 1. The van der Waals surface area contributed by atoms with Crippen LogP contribution in [0.5, 0.6) is 23.0 Å². The SMILES string of the molecule is COc1cc2c(Oc3ccc(CC(=O)c4nc(-c5ccccc5)c5c(n4)C4CCN5CC4)nc3)ccnc2cc1OCc1ccccc1. The molecule has 238 valence electrons. The number of benzene rings is 3. The quantitative estimate of drug-likeness (QED) is 0.141. The van der Waals surface area contributed by atoms with Crippen molar-refractivity contribution in [1.29, 1.82) is 0 Å². The van der Waals surface area contributed by atoms with Gasteiger partial charge >= 0.3 is 0 Å². The van der Waals surface area contributed by atoms with E-state index in [2.05, 4.69) is 14.9 Å². The first-order valence-electron chi connectivity index (χ1n) is 16.1. The molecule has 0 spiro atoms. The summed E-state index contributed by atoms with van der Waals surface area (Å²) in [5.41, 5.74) is 6.28. The predicted octanol–water partition coefficient (Wildman–Crippen LogP) is 7.59. The zero-order valence-electron chi connectivity index (χ0n) is 26.5. The molecule has 3 aromatic heterocycles. The van der Waals surface area contributed by atoms with Crippen molar-refractivity contribution in [3.05, 3.63) is 126 Å². The maximum absolute atomic E-state index is 13.6. The van der Waals surface area contributed by atoms with Crippen LogP contribution in [0, 0.1) is 0 Å². The van der Waals surface area contributed by atoms with Gasteiger partial charge in [-0.05, 0) is 42.7 Å². The van der Waals surface area contributed by atoms with Crippen molar-refractivity contribution < 1.29 is 19.0 Å². The van der Waals surface area contributed by atoms with Crippen LogP contribution in [0.3, 0.4) is 0 Å². The number of rotatable bonds is 10. The Kier molecular flexibility index (Phi) is 7.86. The zero-order chi connectivity index (χ0) is 32.5. The van der Waals surface area contributed by atoms with Gasteiger partial charge in [0.2, 0.25) is 5.78 Å². The number of carbonyl (C=O) groups is 1. The molecule has 6 aromatic rings. The number of anilines is 1. The largest absolute Gasteiger partial charge is 0.493 e. The predicted molar refractivity (Wildman–Crippen MR) is 183 cm³/mol. The minimum atomic E-state index is -0.162. The van der Waals surface area contributed by atoms with Crippen molar-refractivity contribution in [3.63, 3.8) is 0 Å². The number of ether oxygens (including phenoxy) is 3. The van der Waals surface area contributed by atoms with Crippen molar-refractivity contribution in [2.45, 2.75) is 31.8 Å². The van der Waals surface area contributed by atoms with Crippen LogP contribution < -0.4 is 19.1 Å². The molecule has 9 rings (SSSR count). The van der Waals surface area contributed by atoms with Gasteiger partial charge < -0.3 is 19.1 Å². The molecule has 0 N–H and O–H groups in total. The maximum Gasteiger partial charge on any atom is 0.205 e. The van der Waals surface area contributed by atoms with Gasteiger partial charge in [0, 0.05) is 47.9 Å². The van der Waals surface area contributed by atoms with Crippen LogP contribution in [0.25, 0.3) is 22.2 Å². The molecule has 6 heterocycles. The Morgan fingerprint density at radius 3 is 2.40 bits per heavy atom. The second-order valence-corrected chi connectivity index (χ2v) is 12.0. The van der Waals surface area contributed by atoms with Crippen molar-refractivity contribution in [2.75, 3.05) is 25.1 Å². The highest BCUT2D eigenvalue weighted by molar-refractivity contribution is 5.95. The average Bonchev–Trinajstić information content (AvgIpc) is 3.15. The summed E-state index contributed by atoms with van der Waals surface area (Å²) in [4.78, 5) is 34.7. The van der Waals surface area contributed by atoms with Crippen LogP contribution >= 0.6 is 0 Å². The molecule has 3 aromatic carbocycles. The number of nitrogens with zero attached hydrogens (tertiary/aromatic N) is 5. The van der Waals surface area contributed by atoms with Crippen LogP contribution in [0.4, 0.5) is 5.69 Å². The smallest absolute Gasteiger partial charge is 0.205 e. The molecule has 0 atom stereocenters. The maximum atomic E-state index is 13.6. The molecule has 3 aliphatic heterocycles. The number of aromatic nitrogens is 4. The molecule has 0 radical (unpaired) electrons. The summed E-state index contributed by atoms with van der Waals surface area (Å²) < 4.78 is 18.0. The molecule has 0 saturated carbocycles. The van der Waals surface area contributed by atoms with Gasteiger partial charge in [-0.3, -0.25) is 14.8 Å². The van der Waals surface area contributed by atoms with E-state index in [0.29, 0.717) is 46.7 Å². The Bertz CT molecular complexity index is 2100. The van der Waals surface area contributed by atoms with E-state index in [4.69, 9.17) is 24.2 Å². The number of carbonyl (C=O) groups excluding carboxylic acids is 1. The highest BCUT2D eigenvalue weighted by Crippen LogP contribution is 2.45. The second-order valence-electron chi connectivity index (χ2n) is 12.0.